The highest BCUT2D eigenvalue weighted by molar-refractivity contribution is 6.06. The molecule has 0 aliphatic carbocycles. The van der Waals surface area contributed by atoms with E-state index in [2.05, 4.69) is 47.8 Å². The largest absolute Gasteiger partial charge is 0.476 e. The predicted molar refractivity (Wildman–Crippen MR) is 157 cm³/mol. The Kier molecular flexibility index (Phi) is 11.4. The maximum absolute atomic E-state index is 13.4. The summed E-state index contributed by atoms with van der Waals surface area (Å²) in [6.45, 7) is 18.9. The molecule has 8 nitrogen and oxygen atoms in total. The lowest BCUT2D eigenvalue weighted by atomic mass is 10.1. The minimum Gasteiger partial charge on any atom is -0.476 e. The predicted octanol–water partition coefficient (Wildman–Crippen LogP) is 5.80. The number of aromatic amines is 1. The summed E-state index contributed by atoms with van der Waals surface area (Å²) >= 11 is 0. The number of aromatic nitrogens is 2. The van der Waals surface area contributed by atoms with E-state index in [0.29, 0.717) is 18.1 Å². The molecule has 208 valence electrons. The van der Waals surface area contributed by atoms with Crippen LogP contribution in [0.25, 0.3) is 10.9 Å². The zero-order valence-corrected chi connectivity index (χ0v) is 24.0. The van der Waals surface area contributed by atoms with Gasteiger partial charge in [0, 0.05) is 66.6 Å². The fourth-order valence-electron chi connectivity index (χ4n) is 4.59. The second-order valence-electron chi connectivity index (χ2n) is 9.43. The number of ether oxygens (including phenoxy) is 2. The number of carbonyl (C=O) groups is 1. The summed E-state index contributed by atoms with van der Waals surface area (Å²) in [7, 11) is 0. The Morgan fingerprint density at radius 2 is 1.82 bits per heavy atom. The van der Waals surface area contributed by atoms with Gasteiger partial charge in [0.25, 0.3) is 5.91 Å². The van der Waals surface area contributed by atoms with Crippen molar-refractivity contribution in [1.29, 1.82) is 0 Å². The molecule has 4 rings (SSSR count). The van der Waals surface area contributed by atoms with E-state index in [1.165, 1.54) is 5.56 Å². The van der Waals surface area contributed by atoms with Crippen LogP contribution in [0.2, 0.25) is 0 Å². The maximum Gasteiger partial charge on any atom is 0.255 e. The molecule has 8 heteroatoms. The first-order valence-electron chi connectivity index (χ1n) is 14.1. The average molecular weight is 524 g/mol. The number of amides is 1. The molecule has 0 unspecified atom stereocenters. The number of H-pyrrole nitrogens is 1. The van der Waals surface area contributed by atoms with Crippen molar-refractivity contribution in [3.05, 3.63) is 47.2 Å². The lowest BCUT2D eigenvalue weighted by Gasteiger charge is -2.26. The van der Waals surface area contributed by atoms with Gasteiger partial charge < -0.3 is 24.7 Å². The molecular weight excluding hydrogens is 478 g/mol. The number of morpholine rings is 1. The molecule has 1 saturated heterocycles. The third kappa shape index (κ3) is 7.71. The van der Waals surface area contributed by atoms with Crippen LogP contribution in [0.15, 0.2) is 30.3 Å². The molecule has 2 N–H and O–H groups in total. The first-order valence-corrected chi connectivity index (χ1v) is 14.1. The quantitative estimate of drug-likeness (QED) is 0.331. The topological polar surface area (TPSA) is 82.7 Å². The summed E-state index contributed by atoms with van der Waals surface area (Å²) in [5.74, 6) is 1.09. The van der Waals surface area contributed by atoms with Gasteiger partial charge in [-0.15, -0.1) is 0 Å². The van der Waals surface area contributed by atoms with Crippen molar-refractivity contribution in [2.24, 2.45) is 0 Å². The van der Waals surface area contributed by atoms with Crippen LogP contribution in [-0.2, 0) is 4.74 Å². The molecule has 1 aliphatic heterocycles. The van der Waals surface area contributed by atoms with Gasteiger partial charge in [0.05, 0.1) is 13.2 Å². The van der Waals surface area contributed by atoms with Crippen molar-refractivity contribution in [3.63, 3.8) is 0 Å². The van der Waals surface area contributed by atoms with E-state index in [1.54, 1.807) is 6.07 Å². The van der Waals surface area contributed by atoms with E-state index in [9.17, 15) is 4.79 Å². The molecule has 1 aromatic carbocycles. The maximum atomic E-state index is 13.4. The number of hydrogen-bond acceptors (Lipinski definition) is 6. The van der Waals surface area contributed by atoms with Gasteiger partial charge in [-0.2, -0.15) is 4.98 Å². The Hall–Kier alpha value is -3.10. The summed E-state index contributed by atoms with van der Waals surface area (Å²) in [6, 6.07) is 9.58. The molecule has 0 saturated carbocycles. The molecule has 3 heterocycles. The third-order valence-electron chi connectivity index (χ3n) is 6.69. The summed E-state index contributed by atoms with van der Waals surface area (Å²) in [6.07, 6.45) is 2.00. The van der Waals surface area contributed by atoms with Crippen LogP contribution in [0.5, 0.6) is 5.88 Å². The minimum absolute atomic E-state index is 0.172. The zero-order valence-electron chi connectivity index (χ0n) is 24.0. The second-order valence-corrected chi connectivity index (χ2v) is 9.43. The lowest BCUT2D eigenvalue weighted by molar-refractivity contribution is 0.0320. The number of fused-ring (bicyclic) bond motifs is 1. The molecule has 0 atom stereocenters. The molecule has 1 fully saturated rings. The number of rotatable bonds is 11. The van der Waals surface area contributed by atoms with E-state index in [1.807, 2.05) is 38.1 Å². The molecule has 38 heavy (non-hydrogen) atoms. The zero-order chi connectivity index (χ0) is 27.5. The highest BCUT2D eigenvalue weighted by Crippen LogP contribution is 2.26. The van der Waals surface area contributed by atoms with Crippen LogP contribution >= 0.6 is 0 Å². The van der Waals surface area contributed by atoms with E-state index in [-0.39, 0.29) is 5.91 Å². The van der Waals surface area contributed by atoms with E-state index in [4.69, 9.17) is 14.5 Å². The first kappa shape index (κ1) is 29.5. The van der Waals surface area contributed by atoms with Gasteiger partial charge in [0.2, 0.25) is 5.88 Å². The highest BCUT2D eigenvalue weighted by Gasteiger charge is 2.17. The van der Waals surface area contributed by atoms with Gasteiger partial charge in [0.1, 0.15) is 12.4 Å². The van der Waals surface area contributed by atoms with Gasteiger partial charge in [-0.25, -0.2) is 0 Å². The van der Waals surface area contributed by atoms with Crippen LogP contribution in [0.4, 0.5) is 11.5 Å². The Balaban J connectivity index is 0.00000195. The van der Waals surface area contributed by atoms with Gasteiger partial charge in [-0.3, -0.25) is 9.69 Å². The van der Waals surface area contributed by atoms with Crippen LogP contribution in [0, 0.1) is 13.8 Å². The molecule has 1 aliphatic rings. The number of nitrogens with one attached hydrogen (secondary N) is 2. The fraction of sp³-hybridized carbons (Fsp3) is 0.533. The SMILES string of the molecule is CC.CCCN(CCC)c1cc(C(=O)Nc2ccc3[nH]c(C)c(C)c3c2)cc(OCCN2CCOCC2)n1. The van der Waals surface area contributed by atoms with E-state index >= 15 is 0 Å². The summed E-state index contributed by atoms with van der Waals surface area (Å²) in [5, 5.41) is 4.19. The van der Waals surface area contributed by atoms with Gasteiger partial charge in [0.15, 0.2) is 0 Å². The number of carbonyl (C=O) groups excluding carboxylic acids is 1. The monoisotopic (exact) mass is 523 g/mol. The van der Waals surface area contributed by atoms with Crippen molar-refractivity contribution in [1.82, 2.24) is 14.9 Å². The summed E-state index contributed by atoms with van der Waals surface area (Å²) in [5.41, 5.74) is 4.71. The van der Waals surface area contributed by atoms with E-state index < -0.39 is 0 Å². The van der Waals surface area contributed by atoms with Crippen molar-refractivity contribution in [3.8, 4) is 5.88 Å². The van der Waals surface area contributed by atoms with Gasteiger partial charge in [-0.05, 0) is 56.5 Å². The molecular formula is C30H45N5O3. The number of nitrogens with zero attached hydrogens (tertiary/aromatic N) is 3. The van der Waals surface area contributed by atoms with E-state index in [0.717, 1.165) is 86.9 Å². The third-order valence-corrected chi connectivity index (χ3v) is 6.69. The van der Waals surface area contributed by atoms with Crippen molar-refractivity contribution >= 4 is 28.3 Å². The normalized spacial score (nSPS) is 13.6. The molecule has 0 radical (unpaired) electrons. The molecule has 1 amide bonds. The standard InChI is InChI=1S/C28H39N5O3.C2H6/c1-5-9-33(10-6-2)26-17-22(18-27(31-26)36-16-13-32-11-14-35-15-12-32)28(34)30-23-7-8-25-24(19-23)20(3)21(4)29-25;1-2/h7-8,17-19,29H,5-6,9-16H2,1-4H3,(H,30,34);1-2H3. The number of pyridine rings is 1. The fourth-order valence-corrected chi connectivity index (χ4v) is 4.59. The smallest absolute Gasteiger partial charge is 0.255 e. The van der Waals surface area contributed by atoms with Crippen molar-refractivity contribution in [2.75, 3.05) is 62.8 Å². The van der Waals surface area contributed by atoms with Crippen molar-refractivity contribution in [2.45, 2.75) is 54.4 Å². The summed E-state index contributed by atoms with van der Waals surface area (Å²) in [4.78, 5) is 26.1. The van der Waals surface area contributed by atoms with Crippen LogP contribution in [0.1, 0.15) is 62.2 Å². The first-order chi connectivity index (χ1) is 18.5. The van der Waals surface area contributed by atoms with Crippen LogP contribution < -0.4 is 15.0 Å². The van der Waals surface area contributed by atoms with Gasteiger partial charge in [-0.1, -0.05) is 27.7 Å². The minimum atomic E-state index is -0.172. The number of anilines is 2. The van der Waals surface area contributed by atoms with Crippen molar-refractivity contribution < 1.29 is 14.3 Å². The Bertz CT molecular complexity index is 1160. The number of aryl methyl sites for hydroxylation is 2. The van der Waals surface area contributed by atoms with Crippen LogP contribution in [-0.4, -0.2) is 73.3 Å². The molecule has 0 bridgehead atoms. The van der Waals surface area contributed by atoms with Gasteiger partial charge >= 0.3 is 0 Å². The number of hydrogen-bond donors (Lipinski definition) is 2. The molecule has 3 aromatic rings. The molecule has 2 aromatic heterocycles. The summed E-state index contributed by atoms with van der Waals surface area (Å²) < 4.78 is 11.5. The highest BCUT2D eigenvalue weighted by atomic mass is 16.5. The second kappa shape index (κ2) is 14.7. The Morgan fingerprint density at radius 1 is 1.11 bits per heavy atom. The lowest BCUT2D eigenvalue weighted by Crippen LogP contribution is -2.38. The van der Waals surface area contributed by atoms with Crippen LogP contribution in [0.3, 0.4) is 0 Å². The average Bonchev–Trinajstić information content (AvgIpc) is 3.22. The Morgan fingerprint density at radius 3 is 2.50 bits per heavy atom. The Labute approximate surface area is 227 Å². The molecule has 0 spiro atoms. The number of benzene rings is 1.